The minimum Gasteiger partial charge on any atom is -0.353 e. The molecular weight excluding hydrogens is 292 g/mol. The zero-order chi connectivity index (χ0) is 14.7. The minimum atomic E-state index is 0.544. The Morgan fingerprint density at radius 3 is 2.55 bits per heavy atom. The lowest BCUT2D eigenvalue weighted by Gasteiger charge is -2.17. The quantitative estimate of drug-likeness (QED) is 0.825. The summed E-state index contributed by atoms with van der Waals surface area (Å²) in [6.45, 7) is 12.4. The highest BCUT2D eigenvalue weighted by Gasteiger charge is 2.13. The van der Waals surface area contributed by atoms with Crippen molar-refractivity contribution in [2.45, 2.75) is 27.7 Å². The van der Waals surface area contributed by atoms with Crippen LogP contribution in [-0.4, -0.2) is 41.0 Å². The second-order valence-corrected chi connectivity index (χ2v) is 6.32. The molecular formula is C14H21ClN4S. The van der Waals surface area contributed by atoms with Crippen molar-refractivity contribution in [3.8, 4) is 0 Å². The normalized spacial score (nSPS) is 11.5. The van der Waals surface area contributed by atoms with E-state index in [-0.39, 0.29) is 0 Å². The summed E-state index contributed by atoms with van der Waals surface area (Å²) >= 11 is 7.95. The number of hydrogen-bond donors (Lipinski definition) is 1. The Labute approximate surface area is 129 Å². The molecule has 0 saturated carbocycles. The van der Waals surface area contributed by atoms with Gasteiger partial charge in [0.2, 0.25) is 5.95 Å². The largest absolute Gasteiger partial charge is 0.353 e. The van der Waals surface area contributed by atoms with Crippen LogP contribution >= 0.6 is 22.9 Å². The van der Waals surface area contributed by atoms with Gasteiger partial charge >= 0.3 is 0 Å². The summed E-state index contributed by atoms with van der Waals surface area (Å²) in [5.41, 5.74) is 1.18. The van der Waals surface area contributed by atoms with E-state index in [2.05, 4.69) is 47.9 Å². The van der Waals surface area contributed by atoms with Crippen LogP contribution in [0.25, 0.3) is 10.2 Å². The minimum absolute atomic E-state index is 0.544. The molecule has 110 valence electrons. The smallest absolute Gasteiger partial charge is 0.225 e. The summed E-state index contributed by atoms with van der Waals surface area (Å²) < 4.78 is 0. The topological polar surface area (TPSA) is 41.0 Å². The Morgan fingerprint density at radius 1 is 1.20 bits per heavy atom. The van der Waals surface area contributed by atoms with Crippen LogP contribution in [0.15, 0.2) is 0 Å². The first kappa shape index (κ1) is 15.5. The molecule has 0 unspecified atom stereocenters. The van der Waals surface area contributed by atoms with Crippen molar-refractivity contribution in [1.29, 1.82) is 0 Å². The molecule has 0 fully saturated rings. The third kappa shape index (κ3) is 3.22. The maximum atomic E-state index is 6.28. The van der Waals surface area contributed by atoms with E-state index in [1.807, 2.05) is 0 Å². The Bertz CT molecular complexity index is 592. The molecule has 2 aromatic rings. The Kier molecular flexibility index (Phi) is 5.18. The number of aryl methyl sites for hydroxylation is 2. The zero-order valence-corrected chi connectivity index (χ0v) is 14.0. The van der Waals surface area contributed by atoms with Crippen molar-refractivity contribution in [2.24, 2.45) is 0 Å². The fourth-order valence-electron chi connectivity index (χ4n) is 2.15. The number of thiophene rings is 1. The average molecular weight is 313 g/mol. The first-order chi connectivity index (χ1) is 9.56. The van der Waals surface area contributed by atoms with E-state index in [0.717, 1.165) is 36.4 Å². The molecule has 0 bridgehead atoms. The van der Waals surface area contributed by atoms with Crippen molar-refractivity contribution in [3.05, 3.63) is 15.6 Å². The predicted octanol–water partition coefficient (Wildman–Crippen LogP) is 3.72. The van der Waals surface area contributed by atoms with Crippen LogP contribution in [0.4, 0.5) is 5.95 Å². The van der Waals surface area contributed by atoms with E-state index in [1.165, 1.54) is 10.4 Å². The van der Waals surface area contributed by atoms with Gasteiger partial charge in [0.05, 0.1) is 5.39 Å². The summed E-state index contributed by atoms with van der Waals surface area (Å²) in [7, 11) is 0. The fourth-order valence-corrected chi connectivity index (χ4v) is 3.54. The zero-order valence-electron chi connectivity index (χ0n) is 12.5. The SMILES string of the molecule is CCN(CC)CCNc1nc(Cl)c2c(C)c(C)sc2n1. The van der Waals surface area contributed by atoms with E-state index in [1.54, 1.807) is 11.3 Å². The molecule has 0 saturated heterocycles. The van der Waals surface area contributed by atoms with E-state index in [4.69, 9.17) is 11.6 Å². The van der Waals surface area contributed by atoms with Gasteiger partial charge in [0.25, 0.3) is 0 Å². The average Bonchev–Trinajstić information content (AvgIpc) is 2.70. The third-order valence-corrected chi connectivity index (χ3v) is 4.96. The highest BCUT2D eigenvalue weighted by atomic mass is 35.5. The van der Waals surface area contributed by atoms with Gasteiger partial charge in [-0.2, -0.15) is 0 Å². The highest BCUT2D eigenvalue weighted by molar-refractivity contribution is 7.18. The molecule has 0 spiro atoms. The lowest BCUT2D eigenvalue weighted by molar-refractivity contribution is 0.316. The number of anilines is 1. The van der Waals surface area contributed by atoms with Gasteiger partial charge in [-0.25, -0.2) is 9.97 Å². The molecule has 1 N–H and O–H groups in total. The molecule has 0 aliphatic heterocycles. The van der Waals surface area contributed by atoms with Crippen molar-refractivity contribution in [3.63, 3.8) is 0 Å². The Morgan fingerprint density at radius 2 is 1.90 bits per heavy atom. The lowest BCUT2D eigenvalue weighted by atomic mass is 10.2. The van der Waals surface area contributed by atoms with Crippen LogP contribution in [0.5, 0.6) is 0 Å². The third-order valence-electron chi connectivity index (χ3n) is 3.59. The van der Waals surface area contributed by atoms with Crippen molar-refractivity contribution in [1.82, 2.24) is 14.9 Å². The van der Waals surface area contributed by atoms with Gasteiger partial charge in [-0.05, 0) is 32.5 Å². The molecule has 2 rings (SSSR count). The summed E-state index contributed by atoms with van der Waals surface area (Å²) in [6, 6.07) is 0. The molecule has 2 heterocycles. The monoisotopic (exact) mass is 312 g/mol. The molecule has 6 heteroatoms. The van der Waals surface area contributed by atoms with Crippen LogP contribution in [-0.2, 0) is 0 Å². The maximum absolute atomic E-state index is 6.28. The number of nitrogens with zero attached hydrogens (tertiary/aromatic N) is 3. The molecule has 0 aliphatic rings. The Balaban J connectivity index is 2.12. The van der Waals surface area contributed by atoms with Gasteiger partial charge in [0.1, 0.15) is 9.98 Å². The summed E-state index contributed by atoms with van der Waals surface area (Å²) in [5, 5.41) is 4.80. The van der Waals surface area contributed by atoms with Crippen molar-refractivity contribution < 1.29 is 0 Å². The van der Waals surface area contributed by atoms with Gasteiger partial charge in [-0.15, -0.1) is 11.3 Å². The van der Waals surface area contributed by atoms with E-state index >= 15 is 0 Å². The number of nitrogens with one attached hydrogen (secondary N) is 1. The van der Waals surface area contributed by atoms with Crippen LogP contribution in [0.3, 0.4) is 0 Å². The van der Waals surface area contributed by atoms with E-state index in [9.17, 15) is 0 Å². The molecule has 0 aliphatic carbocycles. The van der Waals surface area contributed by atoms with Gasteiger partial charge in [0, 0.05) is 18.0 Å². The summed E-state index contributed by atoms with van der Waals surface area (Å²) in [5.74, 6) is 0.621. The van der Waals surface area contributed by atoms with Crippen LogP contribution in [0.2, 0.25) is 5.15 Å². The van der Waals surface area contributed by atoms with Gasteiger partial charge in [-0.3, -0.25) is 0 Å². The molecule has 2 aromatic heterocycles. The summed E-state index contributed by atoms with van der Waals surface area (Å²) in [6.07, 6.45) is 0. The van der Waals surface area contributed by atoms with Gasteiger partial charge in [0.15, 0.2) is 0 Å². The number of fused-ring (bicyclic) bond motifs is 1. The number of hydrogen-bond acceptors (Lipinski definition) is 5. The van der Waals surface area contributed by atoms with Gasteiger partial charge < -0.3 is 10.2 Å². The first-order valence-electron chi connectivity index (χ1n) is 6.96. The van der Waals surface area contributed by atoms with Crippen molar-refractivity contribution >= 4 is 39.1 Å². The number of likely N-dealkylation sites (N-methyl/N-ethyl adjacent to an activating group) is 1. The number of rotatable bonds is 6. The molecule has 20 heavy (non-hydrogen) atoms. The molecule has 0 aromatic carbocycles. The highest BCUT2D eigenvalue weighted by Crippen LogP contribution is 2.33. The van der Waals surface area contributed by atoms with E-state index < -0.39 is 0 Å². The number of aromatic nitrogens is 2. The second kappa shape index (κ2) is 6.70. The van der Waals surface area contributed by atoms with Crippen LogP contribution < -0.4 is 5.32 Å². The molecule has 0 amide bonds. The molecule has 0 atom stereocenters. The first-order valence-corrected chi connectivity index (χ1v) is 8.15. The predicted molar refractivity (Wildman–Crippen MR) is 88.2 cm³/mol. The van der Waals surface area contributed by atoms with Crippen molar-refractivity contribution in [2.75, 3.05) is 31.5 Å². The fraction of sp³-hybridized carbons (Fsp3) is 0.571. The molecule has 4 nitrogen and oxygen atoms in total. The summed E-state index contributed by atoms with van der Waals surface area (Å²) in [4.78, 5) is 13.5. The lowest BCUT2D eigenvalue weighted by Crippen LogP contribution is -2.28. The number of halogens is 1. The molecule has 0 radical (unpaired) electrons. The maximum Gasteiger partial charge on any atom is 0.225 e. The van der Waals surface area contributed by atoms with Crippen LogP contribution in [0.1, 0.15) is 24.3 Å². The van der Waals surface area contributed by atoms with Crippen LogP contribution in [0, 0.1) is 13.8 Å². The van der Waals surface area contributed by atoms with E-state index in [0.29, 0.717) is 11.1 Å². The van der Waals surface area contributed by atoms with Gasteiger partial charge in [-0.1, -0.05) is 25.4 Å². The Hall–Kier alpha value is -0.910. The standard InChI is InChI=1S/C14H21ClN4S/c1-5-19(6-2)8-7-16-14-17-12(15)11-9(3)10(4)20-13(11)18-14/h5-8H2,1-4H3,(H,16,17,18). The second-order valence-electron chi connectivity index (χ2n) is 4.76.